The monoisotopic (exact) mass is 811 g/mol. The van der Waals surface area contributed by atoms with E-state index in [1.807, 2.05) is 6.07 Å². The standard InChI is InChI=1S/C36H25N7O10S3/c37-21-7-6-20-16-34(56(51,52)53)35(36(44)27(20)17-21)43-42-31-13-15-33(29-19-24(55(48,49)50)9-11-26(29)31)41-40-32-14-12-30(39-38-22-4-2-1-3-5-22)25-10-8-23(18-28(25)32)54(45,46)47/h1-19,42H,37H2,(H,45,46,47)(H,48,49,50)(H,51,52,53)/b39-38?,41-40?,43-35-. The Morgan fingerprint density at radius 2 is 1.11 bits per heavy atom. The van der Waals surface area contributed by atoms with E-state index in [0.717, 1.165) is 18.2 Å². The number of nitrogens with one attached hydrogen (secondary N) is 1. The Kier molecular flexibility index (Phi) is 9.62. The van der Waals surface area contributed by atoms with Gasteiger partial charge in [0, 0.05) is 32.8 Å². The highest BCUT2D eigenvalue weighted by atomic mass is 32.2. The van der Waals surface area contributed by atoms with Gasteiger partial charge in [0.2, 0.25) is 5.78 Å². The molecule has 0 saturated carbocycles. The van der Waals surface area contributed by atoms with Gasteiger partial charge < -0.3 is 5.73 Å². The maximum Gasteiger partial charge on any atom is 0.296 e. The lowest BCUT2D eigenvalue weighted by Crippen LogP contribution is -2.27. The highest BCUT2D eigenvalue weighted by molar-refractivity contribution is 7.91. The summed E-state index contributed by atoms with van der Waals surface area (Å²) < 4.78 is 103. The van der Waals surface area contributed by atoms with Crippen LogP contribution >= 0.6 is 0 Å². The number of benzene rings is 6. The van der Waals surface area contributed by atoms with E-state index in [9.17, 15) is 43.7 Å². The van der Waals surface area contributed by atoms with Crippen LogP contribution in [-0.2, 0) is 30.4 Å². The SMILES string of the molecule is Nc1ccc2c(c1)C(=O)/C(=N\Nc1ccc(N=Nc3ccc(N=Nc4ccccc4)c4ccc(S(=O)(=O)O)cc34)c3cc(S(=O)(=O)O)ccc13)C(S(=O)(=O)O)=C2. The molecule has 1 aliphatic carbocycles. The average molecular weight is 812 g/mol. The summed E-state index contributed by atoms with van der Waals surface area (Å²) in [6.45, 7) is 0. The summed E-state index contributed by atoms with van der Waals surface area (Å²) in [5, 5.41) is 22.0. The topological polar surface area (TPSA) is 280 Å². The second-order valence-electron chi connectivity index (χ2n) is 12.1. The molecule has 17 nitrogen and oxygen atoms in total. The molecule has 20 heteroatoms. The number of nitrogens with zero attached hydrogens (tertiary/aromatic N) is 5. The Balaban J connectivity index is 1.33. The summed E-state index contributed by atoms with van der Waals surface area (Å²) in [6, 6.07) is 26.1. The Hall–Kier alpha value is -6.55. The third-order valence-electron chi connectivity index (χ3n) is 8.42. The van der Waals surface area contributed by atoms with Crippen molar-refractivity contribution in [1.82, 2.24) is 0 Å². The zero-order chi connectivity index (χ0) is 40.0. The van der Waals surface area contributed by atoms with Crippen molar-refractivity contribution in [3.8, 4) is 0 Å². The largest absolute Gasteiger partial charge is 0.399 e. The number of Topliss-reactive ketones (excluding diaryl/α,β-unsaturated/α-hetero) is 1. The number of nitrogen functional groups attached to an aromatic ring is 1. The second kappa shape index (κ2) is 14.3. The van der Waals surface area contributed by atoms with Gasteiger partial charge in [-0.05, 0) is 84.4 Å². The van der Waals surface area contributed by atoms with Crippen LogP contribution in [0.4, 0.5) is 34.1 Å². The van der Waals surface area contributed by atoms with Crippen LogP contribution in [-0.4, -0.2) is 50.4 Å². The predicted molar refractivity (Wildman–Crippen MR) is 208 cm³/mol. The molecular weight excluding hydrogens is 787 g/mol. The maximum atomic E-state index is 13.4. The molecular formula is C36H25N7O10S3. The highest BCUT2D eigenvalue weighted by Gasteiger charge is 2.33. The number of allylic oxidation sites excluding steroid dienone is 1. The molecule has 0 spiro atoms. The molecule has 0 bridgehead atoms. The van der Waals surface area contributed by atoms with Crippen molar-refractivity contribution in [3.63, 3.8) is 0 Å². The van der Waals surface area contributed by atoms with Gasteiger partial charge in [0.15, 0.2) is 5.71 Å². The van der Waals surface area contributed by atoms with Gasteiger partial charge in [-0.2, -0.15) is 35.5 Å². The quantitative estimate of drug-likeness (QED) is 0.0405. The summed E-state index contributed by atoms with van der Waals surface area (Å²) in [5.74, 6) is -0.866. The first-order valence-corrected chi connectivity index (χ1v) is 20.2. The number of carbonyl (C=O) groups is 1. The number of hydrazone groups is 1. The Labute approximate surface area is 317 Å². The van der Waals surface area contributed by atoms with E-state index in [-0.39, 0.29) is 50.0 Å². The van der Waals surface area contributed by atoms with Crippen molar-refractivity contribution < 1.29 is 43.7 Å². The maximum absolute atomic E-state index is 13.4. The number of carbonyl (C=O) groups excluding carboxylic acids is 1. The van der Waals surface area contributed by atoms with Gasteiger partial charge in [0.05, 0.1) is 38.2 Å². The van der Waals surface area contributed by atoms with Crippen molar-refractivity contribution >= 4 is 104 Å². The fourth-order valence-corrected chi connectivity index (χ4v) is 7.44. The molecule has 0 unspecified atom stereocenters. The Morgan fingerprint density at radius 3 is 1.71 bits per heavy atom. The van der Waals surface area contributed by atoms with E-state index < -0.39 is 56.5 Å². The molecule has 0 heterocycles. The number of hydrogen-bond donors (Lipinski definition) is 5. The van der Waals surface area contributed by atoms with E-state index in [1.54, 1.807) is 30.3 Å². The van der Waals surface area contributed by atoms with Crippen LogP contribution in [0.5, 0.6) is 0 Å². The van der Waals surface area contributed by atoms with Crippen LogP contribution in [0.2, 0.25) is 0 Å². The first kappa shape index (κ1) is 37.8. The predicted octanol–water partition coefficient (Wildman–Crippen LogP) is 7.79. The van der Waals surface area contributed by atoms with Crippen LogP contribution in [0.1, 0.15) is 15.9 Å². The molecule has 1 aliphatic rings. The fraction of sp³-hybridized carbons (Fsp3) is 0. The van der Waals surface area contributed by atoms with E-state index in [2.05, 4.69) is 31.0 Å². The first-order valence-electron chi connectivity index (χ1n) is 15.9. The summed E-state index contributed by atoms with van der Waals surface area (Å²) in [6.07, 6.45) is 1.06. The number of nitrogens with two attached hydrogens (primary N) is 1. The van der Waals surface area contributed by atoms with Gasteiger partial charge >= 0.3 is 0 Å². The van der Waals surface area contributed by atoms with Crippen molar-refractivity contribution in [2.24, 2.45) is 25.6 Å². The van der Waals surface area contributed by atoms with E-state index >= 15 is 0 Å². The van der Waals surface area contributed by atoms with Gasteiger partial charge in [0.1, 0.15) is 4.91 Å². The molecule has 6 aromatic carbocycles. The molecule has 0 saturated heterocycles. The van der Waals surface area contributed by atoms with Crippen LogP contribution in [0.15, 0.2) is 149 Å². The Morgan fingerprint density at radius 1 is 0.554 bits per heavy atom. The molecule has 0 fully saturated rings. The van der Waals surface area contributed by atoms with Crippen LogP contribution in [0, 0.1) is 0 Å². The highest BCUT2D eigenvalue weighted by Crippen LogP contribution is 2.39. The molecule has 0 atom stereocenters. The smallest absolute Gasteiger partial charge is 0.296 e. The average Bonchev–Trinajstić information content (AvgIpc) is 3.15. The molecule has 0 aliphatic heterocycles. The minimum Gasteiger partial charge on any atom is -0.399 e. The van der Waals surface area contributed by atoms with Crippen molar-refractivity contribution in [2.75, 3.05) is 11.2 Å². The van der Waals surface area contributed by atoms with Crippen LogP contribution in [0.25, 0.3) is 27.6 Å². The molecule has 0 amide bonds. The molecule has 0 radical (unpaired) electrons. The third-order valence-corrected chi connectivity index (χ3v) is 11.0. The second-order valence-corrected chi connectivity index (χ2v) is 16.3. The molecule has 56 heavy (non-hydrogen) atoms. The third kappa shape index (κ3) is 7.68. The van der Waals surface area contributed by atoms with Gasteiger partial charge in [-0.25, -0.2) is 0 Å². The number of ketones is 1. The van der Waals surface area contributed by atoms with Crippen LogP contribution in [0.3, 0.4) is 0 Å². The number of fused-ring (bicyclic) bond motifs is 3. The lowest BCUT2D eigenvalue weighted by molar-refractivity contribution is 0.106. The Bertz CT molecular complexity index is 3110. The van der Waals surface area contributed by atoms with Crippen LogP contribution < -0.4 is 11.2 Å². The minimum atomic E-state index is -4.96. The molecule has 0 aromatic heterocycles. The normalized spacial score (nSPS) is 14.5. The lowest BCUT2D eigenvalue weighted by atomic mass is 9.94. The van der Waals surface area contributed by atoms with Crippen molar-refractivity contribution in [2.45, 2.75) is 9.79 Å². The fourth-order valence-electron chi connectivity index (χ4n) is 5.77. The van der Waals surface area contributed by atoms with Crippen molar-refractivity contribution in [1.29, 1.82) is 0 Å². The number of rotatable bonds is 9. The van der Waals surface area contributed by atoms with Gasteiger partial charge in [-0.3, -0.25) is 23.9 Å². The summed E-state index contributed by atoms with van der Waals surface area (Å²) in [4.78, 5) is 11.7. The minimum absolute atomic E-state index is 0.0277. The summed E-state index contributed by atoms with van der Waals surface area (Å²) in [5.41, 5.74) is 9.33. The molecule has 6 aromatic rings. The van der Waals surface area contributed by atoms with E-state index in [4.69, 9.17) is 5.73 Å². The molecule has 282 valence electrons. The lowest BCUT2D eigenvalue weighted by Gasteiger charge is -2.17. The zero-order valence-corrected chi connectivity index (χ0v) is 30.7. The van der Waals surface area contributed by atoms with Gasteiger partial charge in [0.25, 0.3) is 30.4 Å². The molecule has 6 N–H and O–H groups in total. The number of anilines is 2. The van der Waals surface area contributed by atoms with Gasteiger partial charge in [-0.1, -0.05) is 36.4 Å². The number of azo groups is 2. The van der Waals surface area contributed by atoms with Crippen molar-refractivity contribution in [3.05, 3.63) is 125 Å². The summed E-state index contributed by atoms with van der Waals surface area (Å²) in [7, 11) is -14.3. The number of hydrogen-bond acceptors (Lipinski definition) is 14. The zero-order valence-electron chi connectivity index (χ0n) is 28.2. The van der Waals surface area contributed by atoms with E-state index in [1.165, 1.54) is 60.7 Å². The molecule has 7 rings (SSSR count). The van der Waals surface area contributed by atoms with Gasteiger partial charge in [-0.15, -0.1) is 15.3 Å². The summed E-state index contributed by atoms with van der Waals surface area (Å²) >= 11 is 0. The first-order chi connectivity index (χ1) is 26.5. The van der Waals surface area contributed by atoms with E-state index in [0.29, 0.717) is 16.8 Å².